The molecule has 0 radical (unpaired) electrons. The summed E-state index contributed by atoms with van der Waals surface area (Å²) >= 11 is 12.1. The zero-order valence-electron chi connectivity index (χ0n) is 18.0. The van der Waals surface area contributed by atoms with Crippen LogP contribution in [-0.4, -0.2) is 73.0 Å². The average molecular weight is 477 g/mol. The third-order valence-electron chi connectivity index (χ3n) is 6.14. The lowest BCUT2D eigenvalue weighted by atomic mass is 9.94. The number of carbonyl (C=O) groups excluding carboxylic acids is 2. The number of carbonyl (C=O) groups is 2. The number of methoxy groups -OCH3 is 1. The van der Waals surface area contributed by atoms with Gasteiger partial charge in [0.15, 0.2) is 0 Å². The predicted molar refractivity (Wildman–Crippen MR) is 125 cm³/mol. The summed E-state index contributed by atoms with van der Waals surface area (Å²) in [4.78, 5) is 36.3. The zero-order valence-corrected chi connectivity index (χ0v) is 19.5. The van der Waals surface area contributed by atoms with Gasteiger partial charge in [-0.3, -0.25) is 9.59 Å². The van der Waals surface area contributed by atoms with Crippen LogP contribution in [0.4, 0.5) is 5.82 Å². The van der Waals surface area contributed by atoms with Crippen LogP contribution in [0.2, 0.25) is 10.2 Å². The van der Waals surface area contributed by atoms with E-state index in [-0.39, 0.29) is 17.7 Å². The minimum Gasteiger partial charge on any atom is -0.496 e. The maximum Gasteiger partial charge on any atom is 0.257 e. The van der Waals surface area contributed by atoms with Gasteiger partial charge in [0.1, 0.15) is 16.7 Å². The molecule has 0 unspecified atom stereocenters. The van der Waals surface area contributed by atoms with Crippen molar-refractivity contribution in [2.75, 3.05) is 51.3 Å². The summed E-state index contributed by atoms with van der Waals surface area (Å²) in [6.45, 7) is 3.85. The smallest absolute Gasteiger partial charge is 0.257 e. The maximum absolute atomic E-state index is 13.1. The number of ether oxygens (including phenoxy) is 1. The highest BCUT2D eigenvalue weighted by atomic mass is 35.5. The fraction of sp³-hybridized carbons (Fsp3) is 0.435. The van der Waals surface area contributed by atoms with Crippen molar-refractivity contribution in [3.05, 3.63) is 52.1 Å². The van der Waals surface area contributed by atoms with Crippen molar-refractivity contribution in [3.63, 3.8) is 0 Å². The van der Waals surface area contributed by atoms with Crippen molar-refractivity contribution < 1.29 is 14.3 Å². The van der Waals surface area contributed by atoms with Gasteiger partial charge in [-0.05, 0) is 43.2 Å². The third kappa shape index (κ3) is 4.94. The number of hydrogen-bond acceptors (Lipinski definition) is 5. The number of nitrogens with zero attached hydrogens (tertiary/aromatic N) is 4. The monoisotopic (exact) mass is 476 g/mol. The first-order valence-corrected chi connectivity index (χ1v) is 11.5. The molecule has 7 nitrogen and oxygen atoms in total. The standard InChI is InChI=1S/C23H26Cl2N4O3/c1-32-19-6-5-17(24)15-18(19)23(31)28-9-7-16(8-10-28)22(30)29-13-11-27(12-14-29)21-4-2-3-20(25)26-21/h2-6,15-16H,7-14H2,1H3. The van der Waals surface area contributed by atoms with E-state index in [0.717, 1.165) is 18.9 Å². The number of benzene rings is 1. The van der Waals surface area contributed by atoms with E-state index in [1.54, 1.807) is 29.2 Å². The van der Waals surface area contributed by atoms with Gasteiger partial charge in [0.2, 0.25) is 5.91 Å². The molecule has 0 atom stereocenters. The summed E-state index contributed by atoms with van der Waals surface area (Å²) in [7, 11) is 1.53. The number of piperazine rings is 1. The number of rotatable bonds is 4. The largest absolute Gasteiger partial charge is 0.496 e. The Morgan fingerprint density at radius 3 is 2.34 bits per heavy atom. The second-order valence-electron chi connectivity index (χ2n) is 8.04. The van der Waals surface area contributed by atoms with Crippen LogP contribution < -0.4 is 9.64 Å². The second-order valence-corrected chi connectivity index (χ2v) is 8.87. The van der Waals surface area contributed by atoms with E-state index in [9.17, 15) is 9.59 Å². The molecular formula is C23H26Cl2N4O3. The molecule has 2 aromatic rings. The number of halogens is 2. The highest BCUT2D eigenvalue weighted by molar-refractivity contribution is 6.31. The van der Waals surface area contributed by atoms with Gasteiger partial charge >= 0.3 is 0 Å². The Bertz CT molecular complexity index is 987. The number of pyridine rings is 1. The van der Waals surface area contributed by atoms with Crippen LogP contribution in [0.25, 0.3) is 0 Å². The fourth-order valence-electron chi connectivity index (χ4n) is 4.34. The van der Waals surface area contributed by atoms with Gasteiger partial charge in [-0.15, -0.1) is 0 Å². The molecule has 2 fully saturated rings. The first kappa shape index (κ1) is 22.7. The molecule has 1 aromatic carbocycles. The summed E-state index contributed by atoms with van der Waals surface area (Å²) in [6, 6.07) is 10.6. The Labute approximate surface area is 197 Å². The molecule has 0 spiro atoms. The van der Waals surface area contributed by atoms with E-state index in [1.807, 2.05) is 17.0 Å². The van der Waals surface area contributed by atoms with Gasteiger partial charge in [-0.2, -0.15) is 0 Å². The van der Waals surface area contributed by atoms with Gasteiger partial charge < -0.3 is 19.4 Å². The number of hydrogen-bond donors (Lipinski definition) is 0. The second kappa shape index (κ2) is 9.96. The van der Waals surface area contributed by atoms with E-state index in [0.29, 0.717) is 60.5 Å². The molecular weight excluding hydrogens is 451 g/mol. The Morgan fingerprint density at radius 1 is 0.969 bits per heavy atom. The fourth-order valence-corrected chi connectivity index (χ4v) is 4.67. The van der Waals surface area contributed by atoms with E-state index < -0.39 is 0 Å². The number of aromatic nitrogens is 1. The Morgan fingerprint density at radius 2 is 1.69 bits per heavy atom. The molecule has 2 saturated heterocycles. The van der Waals surface area contributed by atoms with Crippen molar-refractivity contribution in [3.8, 4) is 5.75 Å². The van der Waals surface area contributed by atoms with Gasteiger partial charge in [0, 0.05) is 50.2 Å². The van der Waals surface area contributed by atoms with Crippen LogP contribution in [0.3, 0.4) is 0 Å². The lowest BCUT2D eigenvalue weighted by Crippen LogP contribution is -2.52. The van der Waals surface area contributed by atoms with Crippen molar-refractivity contribution in [2.45, 2.75) is 12.8 Å². The highest BCUT2D eigenvalue weighted by Crippen LogP contribution is 2.27. The van der Waals surface area contributed by atoms with Crippen LogP contribution in [-0.2, 0) is 4.79 Å². The number of likely N-dealkylation sites (tertiary alicyclic amines) is 1. The molecule has 0 saturated carbocycles. The molecule has 2 aliphatic rings. The Hall–Kier alpha value is -2.51. The van der Waals surface area contributed by atoms with Gasteiger partial charge in [-0.1, -0.05) is 29.3 Å². The topological polar surface area (TPSA) is 66.0 Å². The number of amides is 2. The molecule has 4 rings (SSSR count). The van der Waals surface area contributed by atoms with Crippen molar-refractivity contribution in [1.82, 2.24) is 14.8 Å². The summed E-state index contributed by atoms with van der Waals surface area (Å²) in [6.07, 6.45) is 1.31. The minimum absolute atomic E-state index is 0.0591. The van der Waals surface area contributed by atoms with Gasteiger partial charge in [-0.25, -0.2) is 4.98 Å². The Kier molecular flexibility index (Phi) is 7.06. The quantitative estimate of drug-likeness (QED) is 0.630. The molecule has 2 amide bonds. The van der Waals surface area contributed by atoms with E-state index >= 15 is 0 Å². The summed E-state index contributed by atoms with van der Waals surface area (Å²) in [5.41, 5.74) is 0.454. The first-order chi connectivity index (χ1) is 15.5. The normalized spacial score (nSPS) is 17.4. The summed E-state index contributed by atoms with van der Waals surface area (Å²) in [5.74, 6) is 1.35. The van der Waals surface area contributed by atoms with Crippen LogP contribution >= 0.6 is 23.2 Å². The van der Waals surface area contributed by atoms with Crippen molar-refractivity contribution in [1.29, 1.82) is 0 Å². The molecule has 32 heavy (non-hydrogen) atoms. The van der Waals surface area contributed by atoms with Crippen molar-refractivity contribution in [2.24, 2.45) is 5.92 Å². The predicted octanol–water partition coefficient (Wildman–Crippen LogP) is 3.60. The number of piperidine rings is 1. The molecule has 0 aliphatic carbocycles. The molecule has 0 N–H and O–H groups in total. The molecule has 170 valence electrons. The van der Waals surface area contributed by atoms with Gasteiger partial charge in [0.25, 0.3) is 5.91 Å². The summed E-state index contributed by atoms with van der Waals surface area (Å²) < 4.78 is 5.32. The zero-order chi connectivity index (χ0) is 22.7. The van der Waals surface area contributed by atoms with Crippen LogP contribution in [0, 0.1) is 5.92 Å². The minimum atomic E-state index is -0.113. The van der Waals surface area contributed by atoms with Crippen LogP contribution in [0.5, 0.6) is 5.75 Å². The van der Waals surface area contributed by atoms with Crippen molar-refractivity contribution >= 4 is 40.8 Å². The lowest BCUT2D eigenvalue weighted by molar-refractivity contribution is -0.137. The lowest BCUT2D eigenvalue weighted by Gasteiger charge is -2.39. The van der Waals surface area contributed by atoms with Crippen LogP contribution in [0.15, 0.2) is 36.4 Å². The molecule has 9 heteroatoms. The maximum atomic E-state index is 13.1. The average Bonchev–Trinajstić information content (AvgIpc) is 2.83. The van der Waals surface area contributed by atoms with E-state index in [4.69, 9.17) is 27.9 Å². The van der Waals surface area contributed by atoms with Crippen LogP contribution in [0.1, 0.15) is 23.2 Å². The third-order valence-corrected chi connectivity index (χ3v) is 6.58. The number of anilines is 1. The summed E-state index contributed by atoms with van der Waals surface area (Å²) in [5, 5.41) is 0.962. The molecule has 0 bridgehead atoms. The molecule has 3 heterocycles. The molecule has 2 aliphatic heterocycles. The Balaban J connectivity index is 1.30. The molecule has 1 aromatic heterocycles. The van der Waals surface area contributed by atoms with Gasteiger partial charge in [0.05, 0.1) is 12.7 Å². The SMILES string of the molecule is COc1ccc(Cl)cc1C(=O)N1CCC(C(=O)N2CCN(c3cccc(Cl)n3)CC2)CC1. The van der Waals surface area contributed by atoms with E-state index in [1.165, 1.54) is 7.11 Å². The van der Waals surface area contributed by atoms with E-state index in [2.05, 4.69) is 9.88 Å². The highest BCUT2D eigenvalue weighted by Gasteiger charge is 2.32. The first-order valence-electron chi connectivity index (χ1n) is 10.8.